The monoisotopic (exact) mass is 286 g/mol. The molecule has 0 heterocycles. The molecule has 0 fully saturated rings. The van der Waals surface area contributed by atoms with Gasteiger partial charge >= 0.3 is 0 Å². The van der Waals surface area contributed by atoms with Crippen molar-refractivity contribution < 1.29 is 5.11 Å². The zero-order valence-corrected chi connectivity index (χ0v) is 12.3. The van der Waals surface area contributed by atoms with Crippen LogP contribution in [0.4, 0.5) is 0 Å². The zero-order valence-electron chi connectivity index (χ0n) is 12.3. The standard InChI is InChI=1S/C21H18O/c22-20-14-11-17(12-15-20)13-16-21(18-7-3-1-4-8-18)19-9-5-2-6-10-19/h1-16,21-22H. The lowest BCUT2D eigenvalue weighted by Gasteiger charge is -2.14. The molecule has 0 radical (unpaired) electrons. The van der Waals surface area contributed by atoms with Crippen molar-refractivity contribution in [2.24, 2.45) is 0 Å². The van der Waals surface area contributed by atoms with E-state index < -0.39 is 0 Å². The van der Waals surface area contributed by atoms with Crippen LogP contribution in [0.3, 0.4) is 0 Å². The van der Waals surface area contributed by atoms with Crippen LogP contribution in [0.25, 0.3) is 6.08 Å². The first-order valence-corrected chi connectivity index (χ1v) is 7.40. The Bertz CT molecular complexity index is 688. The molecule has 0 aliphatic rings. The minimum absolute atomic E-state index is 0.219. The number of hydrogen-bond donors (Lipinski definition) is 1. The maximum Gasteiger partial charge on any atom is 0.115 e. The van der Waals surface area contributed by atoms with Crippen LogP contribution in [0, 0.1) is 0 Å². The number of allylic oxidation sites excluding steroid dienone is 1. The molecule has 108 valence electrons. The van der Waals surface area contributed by atoms with E-state index in [9.17, 15) is 5.11 Å². The van der Waals surface area contributed by atoms with Crippen molar-refractivity contribution in [3.05, 3.63) is 108 Å². The zero-order chi connectivity index (χ0) is 15.2. The van der Waals surface area contributed by atoms with Crippen LogP contribution in [-0.4, -0.2) is 5.11 Å². The molecule has 0 saturated heterocycles. The predicted molar refractivity (Wildman–Crippen MR) is 91.9 cm³/mol. The molecular weight excluding hydrogens is 268 g/mol. The van der Waals surface area contributed by atoms with Crippen LogP contribution < -0.4 is 0 Å². The predicted octanol–water partition coefficient (Wildman–Crippen LogP) is 5.24. The van der Waals surface area contributed by atoms with Gasteiger partial charge in [-0.3, -0.25) is 0 Å². The maximum atomic E-state index is 9.37. The Morgan fingerprint density at radius 3 is 1.64 bits per heavy atom. The van der Waals surface area contributed by atoms with Crippen molar-refractivity contribution in [2.45, 2.75) is 5.92 Å². The summed E-state index contributed by atoms with van der Waals surface area (Å²) >= 11 is 0. The van der Waals surface area contributed by atoms with E-state index in [2.05, 4.69) is 60.7 Å². The number of benzene rings is 3. The largest absolute Gasteiger partial charge is 0.508 e. The number of hydrogen-bond acceptors (Lipinski definition) is 1. The molecule has 3 aromatic carbocycles. The lowest BCUT2D eigenvalue weighted by molar-refractivity contribution is 0.475. The molecule has 0 saturated carbocycles. The quantitative estimate of drug-likeness (QED) is 0.695. The third kappa shape index (κ3) is 3.44. The molecule has 0 spiro atoms. The molecule has 22 heavy (non-hydrogen) atoms. The summed E-state index contributed by atoms with van der Waals surface area (Å²) in [4.78, 5) is 0. The van der Waals surface area contributed by atoms with Crippen molar-refractivity contribution in [3.8, 4) is 5.75 Å². The highest BCUT2D eigenvalue weighted by Crippen LogP contribution is 2.26. The molecule has 0 amide bonds. The Kier molecular flexibility index (Phi) is 4.35. The normalized spacial score (nSPS) is 11.1. The Morgan fingerprint density at radius 1 is 0.636 bits per heavy atom. The van der Waals surface area contributed by atoms with Crippen LogP contribution >= 0.6 is 0 Å². The molecule has 1 N–H and O–H groups in total. The first kappa shape index (κ1) is 14.2. The second kappa shape index (κ2) is 6.77. The maximum absolute atomic E-state index is 9.37. The highest BCUT2D eigenvalue weighted by atomic mass is 16.3. The summed E-state index contributed by atoms with van der Waals surface area (Å²) in [6, 6.07) is 28.2. The van der Waals surface area contributed by atoms with E-state index in [1.165, 1.54) is 11.1 Å². The van der Waals surface area contributed by atoms with Gasteiger partial charge in [0.1, 0.15) is 5.75 Å². The molecule has 0 aliphatic carbocycles. The number of aromatic hydroxyl groups is 1. The van der Waals surface area contributed by atoms with Gasteiger partial charge in [0.15, 0.2) is 0 Å². The first-order chi connectivity index (χ1) is 10.8. The Hall–Kier alpha value is -2.80. The van der Waals surface area contributed by atoms with Crippen molar-refractivity contribution in [1.82, 2.24) is 0 Å². The minimum atomic E-state index is 0.219. The number of rotatable bonds is 4. The number of phenolic OH excluding ortho intramolecular Hbond substituents is 1. The SMILES string of the molecule is Oc1ccc(C=CC(c2ccccc2)c2ccccc2)cc1. The first-order valence-electron chi connectivity index (χ1n) is 7.40. The fraction of sp³-hybridized carbons (Fsp3) is 0.0476. The average Bonchev–Trinajstić information content (AvgIpc) is 2.59. The van der Waals surface area contributed by atoms with Crippen LogP contribution in [0.2, 0.25) is 0 Å². The van der Waals surface area contributed by atoms with Gasteiger partial charge in [-0.2, -0.15) is 0 Å². The van der Waals surface area contributed by atoms with Crippen LogP contribution in [0.5, 0.6) is 5.75 Å². The summed E-state index contributed by atoms with van der Waals surface area (Å²) < 4.78 is 0. The van der Waals surface area contributed by atoms with Gasteiger partial charge in [-0.05, 0) is 28.8 Å². The van der Waals surface area contributed by atoms with Gasteiger partial charge in [-0.15, -0.1) is 0 Å². The molecule has 0 unspecified atom stereocenters. The van der Waals surface area contributed by atoms with E-state index in [1.807, 2.05) is 24.3 Å². The number of phenols is 1. The molecule has 1 heteroatoms. The third-order valence-corrected chi connectivity index (χ3v) is 3.69. The van der Waals surface area contributed by atoms with Gasteiger partial charge in [0.05, 0.1) is 0 Å². The molecule has 3 rings (SSSR count). The topological polar surface area (TPSA) is 20.2 Å². The molecular formula is C21H18O. The average molecular weight is 286 g/mol. The van der Waals surface area contributed by atoms with Crippen molar-refractivity contribution in [3.63, 3.8) is 0 Å². The summed E-state index contributed by atoms with van der Waals surface area (Å²) in [6.07, 6.45) is 4.31. The van der Waals surface area contributed by atoms with Gasteiger partial charge in [-0.1, -0.05) is 84.9 Å². The van der Waals surface area contributed by atoms with E-state index in [1.54, 1.807) is 12.1 Å². The van der Waals surface area contributed by atoms with Gasteiger partial charge in [-0.25, -0.2) is 0 Å². The lowest BCUT2D eigenvalue weighted by atomic mass is 9.90. The van der Waals surface area contributed by atoms with E-state index in [0.29, 0.717) is 5.75 Å². The molecule has 1 nitrogen and oxygen atoms in total. The molecule has 0 bridgehead atoms. The second-order valence-electron chi connectivity index (χ2n) is 5.25. The van der Waals surface area contributed by atoms with E-state index in [4.69, 9.17) is 0 Å². The van der Waals surface area contributed by atoms with Crippen LogP contribution in [0.15, 0.2) is 91.0 Å². The highest BCUT2D eigenvalue weighted by molar-refractivity contribution is 5.54. The Labute approximate surface area is 131 Å². The van der Waals surface area contributed by atoms with Gasteiger partial charge in [0.25, 0.3) is 0 Å². The molecule has 0 aromatic heterocycles. The van der Waals surface area contributed by atoms with Crippen molar-refractivity contribution >= 4 is 6.08 Å². The van der Waals surface area contributed by atoms with Gasteiger partial charge in [0.2, 0.25) is 0 Å². The molecule has 3 aromatic rings. The van der Waals surface area contributed by atoms with Crippen LogP contribution in [0.1, 0.15) is 22.6 Å². The summed E-state index contributed by atoms with van der Waals surface area (Å²) in [5.41, 5.74) is 3.61. The Balaban J connectivity index is 1.94. The minimum Gasteiger partial charge on any atom is -0.508 e. The second-order valence-corrected chi connectivity index (χ2v) is 5.25. The lowest BCUT2D eigenvalue weighted by Crippen LogP contribution is -1.97. The summed E-state index contributed by atoms with van der Waals surface area (Å²) in [5, 5.41) is 9.37. The van der Waals surface area contributed by atoms with E-state index in [0.717, 1.165) is 5.56 Å². The van der Waals surface area contributed by atoms with E-state index >= 15 is 0 Å². The fourth-order valence-corrected chi connectivity index (χ4v) is 2.53. The van der Waals surface area contributed by atoms with Crippen LogP contribution in [-0.2, 0) is 0 Å². The summed E-state index contributed by atoms with van der Waals surface area (Å²) in [7, 11) is 0. The highest BCUT2D eigenvalue weighted by Gasteiger charge is 2.09. The third-order valence-electron chi connectivity index (χ3n) is 3.69. The van der Waals surface area contributed by atoms with Crippen molar-refractivity contribution in [1.29, 1.82) is 0 Å². The van der Waals surface area contributed by atoms with E-state index in [-0.39, 0.29) is 5.92 Å². The van der Waals surface area contributed by atoms with Gasteiger partial charge in [0, 0.05) is 5.92 Å². The smallest absolute Gasteiger partial charge is 0.115 e. The molecule has 0 atom stereocenters. The summed E-state index contributed by atoms with van der Waals surface area (Å²) in [6.45, 7) is 0. The Morgan fingerprint density at radius 2 is 1.14 bits per heavy atom. The van der Waals surface area contributed by atoms with Gasteiger partial charge < -0.3 is 5.11 Å². The molecule has 0 aliphatic heterocycles. The van der Waals surface area contributed by atoms with Crippen molar-refractivity contribution in [2.75, 3.05) is 0 Å². The summed E-state index contributed by atoms with van der Waals surface area (Å²) in [5.74, 6) is 0.510. The fourth-order valence-electron chi connectivity index (χ4n) is 2.53.